The molecule has 0 saturated heterocycles. The average molecular weight is 284 g/mol. The first-order chi connectivity index (χ1) is 10.1. The van der Waals surface area contributed by atoms with Gasteiger partial charge in [0.1, 0.15) is 11.5 Å². The van der Waals surface area contributed by atoms with Crippen molar-refractivity contribution in [1.82, 2.24) is 9.97 Å². The lowest BCUT2D eigenvalue weighted by molar-refractivity contribution is 0.102. The first-order valence-corrected chi connectivity index (χ1v) is 7.07. The van der Waals surface area contributed by atoms with E-state index in [0.717, 1.165) is 12.1 Å². The molecule has 1 aromatic carbocycles. The summed E-state index contributed by atoms with van der Waals surface area (Å²) in [5.41, 5.74) is 2.28. The first kappa shape index (κ1) is 15.0. The highest BCUT2D eigenvalue weighted by molar-refractivity contribution is 6.02. The SMILES string of the molecule is CCc1ccc(NC(=O)c2cnc(NC(C)C)cn2)cc1. The van der Waals surface area contributed by atoms with Gasteiger partial charge in [-0.15, -0.1) is 0 Å². The molecule has 0 bridgehead atoms. The van der Waals surface area contributed by atoms with Gasteiger partial charge in [0.25, 0.3) is 5.91 Å². The maximum Gasteiger partial charge on any atom is 0.275 e. The van der Waals surface area contributed by atoms with E-state index in [4.69, 9.17) is 0 Å². The molecule has 21 heavy (non-hydrogen) atoms. The second kappa shape index (κ2) is 6.83. The van der Waals surface area contributed by atoms with Gasteiger partial charge in [-0.3, -0.25) is 4.79 Å². The summed E-state index contributed by atoms with van der Waals surface area (Å²) in [6.07, 6.45) is 4.01. The molecule has 5 nitrogen and oxygen atoms in total. The zero-order valence-corrected chi connectivity index (χ0v) is 12.6. The Labute approximate surface area is 124 Å². The number of hydrogen-bond acceptors (Lipinski definition) is 4. The number of aryl methyl sites for hydroxylation is 1. The number of hydrogen-bond donors (Lipinski definition) is 2. The van der Waals surface area contributed by atoms with Crippen molar-refractivity contribution >= 4 is 17.4 Å². The lowest BCUT2D eigenvalue weighted by Crippen LogP contribution is -2.16. The fraction of sp³-hybridized carbons (Fsp3) is 0.312. The Morgan fingerprint density at radius 3 is 2.38 bits per heavy atom. The topological polar surface area (TPSA) is 66.9 Å². The van der Waals surface area contributed by atoms with Gasteiger partial charge < -0.3 is 10.6 Å². The highest BCUT2D eigenvalue weighted by atomic mass is 16.1. The van der Waals surface area contributed by atoms with Crippen LogP contribution >= 0.6 is 0 Å². The highest BCUT2D eigenvalue weighted by Crippen LogP contribution is 2.11. The molecule has 0 spiro atoms. The average Bonchev–Trinajstić information content (AvgIpc) is 2.48. The maximum absolute atomic E-state index is 12.1. The molecule has 110 valence electrons. The Kier molecular flexibility index (Phi) is 4.87. The van der Waals surface area contributed by atoms with Crippen LogP contribution in [0, 0.1) is 0 Å². The Balaban J connectivity index is 2.02. The largest absolute Gasteiger partial charge is 0.367 e. The summed E-state index contributed by atoms with van der Waals surface area (Å²) in [6, 6.07) is 8.04. The van der Waals surface area contributed by atoms with Crippen molar-refractivity contribution in [1.29, 1.82) is 0 Å². The van der Waals surface area contributed by atoms with Gasteiger partial charge >= 0.3 is 0 Å². The third-order valence-corrected chi connectivity index (χ3v) is 2.94. The predicted octanol–water partition coefficient (Wildman–Crippen LogP) is 3.11. The second-order valence-corrected chi connectivity index (χ2v) is 5.09. The van der Waals surface area contributed by atoms with E-state index < -0.39 is 0 Å². The molecule has 0 atom stereocenters. The molecule has 2 rings (SSSR count). The van der Waals surface area contributed by atoms with E-state index >= 15 is 0 Å². The van der Waals surface area contributed by atoms with Crippen molar-refractivity contribution in [3.05, 3.63) is 47.9 Å². The zero-order valence-electron chi connectivity index (χ0n) is 12.6. The Morgan fingerprint density at radius 2 is 1.86 bits per heavy atom. The van der Waals surface area contributed by atoms with Gasteiger partial charge in [-0.2, -0.15) is 0 Å². The molecule has 0 radical (unpaired) electrons. The predicted molar refractivity (Wildman–Crippen MR) is 84.6 cm³/mol. The number of carbonyl (C=O) groups is 1. The molecular formula is C16H20N4O. The molecule has 1 amide bonds. The van der Waals surface area contributed by atoms with E-state index in [-0.39, 0.29) is 11.9 Å². The molecule has 0 saturated carbocycles. The van der Waals surface area contributed by atoms with Crippen LogP contribution < -0.4 is 10.6 Å². The number of nitrogens with one attached hydrogen (secondary N) is 2. The van der Waals surface area contributed by atoms with Crippen molar-refractivity contribution in [3.63, 3.8) is 0 Å². The Bertz CT molecular complexity index is 591. The molecular weight excluding hydrogens is 264 g/mol. The summed E-state index contributed by atoms with van der Waals surface area (Å²) in [5, 5.41) is 5.94. The quantitative estimate of drug-likeness (QED) is 0.885. The van der Waals surface area contributed by atoms with Crippen LogP contribution in [0.25, 0.3) is 0 Å². The van der Waals surface area contributed by atoms with E-state index in [9.17, 15) is 4.79 Å². The summed E-state index contributed by atoms with van der Waals surface area (Å²) in [5.74, 6) is 0.400. The first-order valence-electron chi connectivity index (χ1n) is 7.07. The number of aromatic nitrogens is 2. The van der Waals surface area contributed by atoms with Crippen LogP contribution in [0.4, 0.5) is 11.5 Å². The Hall–Kier alpha value is -2.43. The van der Waals surface area contributed by atoms with Gasteiger partial charge in [0, 0.05) is 11.7 Å². The molecule has 1 heterocycles. The van der Waals surface area contributed by atoms with Gasteiger partial charge in [-0.25, -0.2) is 9.97 Å². The molecule has 0 unspecified atom stereocenters. The van der Waals surface area contributed by atoms with Crippen molar-refractivity contribution < 1.29 is 4.79 Å². The third kappa shape index (κ3) is 4.27. The number of anilines is 2. The van der Waals surface area contributed by atoms with Crippen molar-refractivity contribution in [2.24, 2.45) is 0 Å². The molecule has 0 aliphatic rings. The minimum atomic E-state index is -0.261. The smallest absolute Gasteiger partial charge is 0.275 e. The lowest BCUT2D eigenvalue weighted by atomic mass is 10.1. The fourth-order valence-corrected chi connectivity index (χ4v) is 1.83. The van der Waals surface area contributed by atoms with Gasteiger partial charge in [-0.1, -0.05) is 19.1 Å². The van der Waals surface area contributed by atoms with E-state index in [0.29, 0.717) is 11.5 Å². The van der Waals surface area contributed by atoms with Crippen LogP contribution in [-0.2, 0) is 6.42 Å². The molecule has 0 fully saturated rings. The van der Waals surface area contributed by atoms with Gasteiger partial charge in [-0.05, 0) is 38.0 Å². The monoisotopic (exact) mass is 284 g/mol. The molecule has 0 aliphatic heterocycles. The summed E-state index contributed by atoms with van der Waals surface area (Å²) >= 11 is 0. The fourth-order valence-electron chi connectivity index (χ4n) is 1.83. The van der Waals surface area contributed by atoms with Crippen LogP contribution in [0.2, 0.25) is 0 Å². The van der Waals surface area contributed by atoms with Gasteiger partial charge in [0.05, 0.1) is 12.4 Å². The number of benzene rings is 1. The van der Waals surface area contributed by atoms with Crippen LogP contribution in [0.5, 0.6) is 0 Å². The maximum atomic E-state index is 12.1. The highest BCUT2D eigenvalue weighted by Gasteiger charge is 2.08. The summed E-state index contributed by atoms with van der Waals surface area (Å²) < 4.78 is 0. The van der Waals surface area contributed by atoms with E-state index in [1.165, 1.54) is 11.8 Å². The lowest BCUT2D eigenvalue weighted by Gasteiger charge is -2.09. The summed E-state index contributed by atoms with van der Waals surface area (Å²) in [7, 11) is 0. The molecule has 2 N–H and O–H groups in total. The minimum absolute atomic E-state index is 0.261. The number of amides is 1. The molecule has 5 heteroatoms. The normalized spacial score (nSPS) is 10.5. The van der Waals surface area contributed by atoms with Crippen molar-refractivity contribution in [2.75, 3.05) is 10.6 Å². The molecule has 1 aromatic heterocycles. The number of rotatable bonds is 5. The molecule has 0 aliphatic carbocycles. The van der Waals surface area contributed by atoms with E-state index in [1.54, 1.807) is 6.20 Å². The van der Waals surface area contributed by atoms with E-state index in [2.05, 4.69) is 27.5 Å². The minimum Gasteiger partial charge on any atom is -0.367 e. The number of nitrogens with zero attached hydrogens (tertiary/aromatic N) is 2. The van der Waals surface area contributed by atoms with E-state index in [1.807, 2.05) is 38.1 Å². The van der Waals surface area contributed by atoms with Gasteiger partial charge in [0.2, 0.25) is 0 Å². The van der Waals surface area contributed by atoms with Gasteiger partial charge in [0.15, 0.2) is 0 Å². The molecule has 2 aromatic rings. The third-order valence-electron chi connectivity index (χ3n) is 2.94. The standard InChI is InChI=1S/C16H20N4O/c1-4-12-5-7-13(8-6-12)20-16(21)14-9-18-15(10-17-14)19-11(2)3/h5-11H,4H2,1-3H3,(H,18,19)(H,20,21). The zero-order chi connectivity index (χ0) is 15.2. The van der Waals surface area contributed by atoms with Crippen molar-refractivity contribution in [3.8, 4) is 0 Å². The summed E-state index contributed by atoms with van der Waals surface area (Å²) in [6.45, 7) is 6.13. The van der Waals surface area contributed by atoms with Crippen LogP contribution in [0.15, 0.2) is 36.7 Å². The van der Waals surface area contributed by atoms with Crippen LogP contribution in [-0.4, -0.2) is 21.9 Å². The van der Waals surface area contributed by atoms with Crippen LogP contribution in [0.1, 0.15) is 36.8 Å². The van der Waals surface area contributed by atoms with Crippen LogP contribution in [0.3, 0.4) is 0 Å². The van der Waals surface area contributed by atoms with Crippen molar-refractivity contribution in [2.45, 2.75) is 33.2 Å². The second-order valence-electron chi connectivity index (χ2n) is 5.09. The Morgan fingerprint density at radius 1 is 1.14 bits per heavy atom. The number of carbonyl (C=O) groups excluding carboxylic acids is 1. The summed E-state index contributed by atoms with van der Waals surface area (Å²) in [4.78, 5) is 20.4.